The van der Waals surface area contributed by atoms with Gasteiger partial charge in [0.25, 0.3) is 0 Å². The largest absolute Gasteiger partial charge is 0.468 e. The van der Waals surface area contributed by atoms with Gasteiger partial charge in [-0.2, -0.15) is 0 Å². The number of rotatable bonds is 4. The predicted molar refractivity (Wildman–Crippen MR) is 92.0 cm³/mol. The minimum atomic E-state index is -0.255. The molecule has 1 aliphatic rings. The lowest BCUT2D eigenvalue weighted by molar-refractivity contribution is -0.146. The van der Waals surface area contributed by atoms with E-state index in [0.717, 1.165) is 36.7 Å². The Bertz CT molecular complexity index is 741. The highest BCUT2D eigenvalue weighted by Crippen LogP contribution is 2.26. The minimum absolute atomic E-state index is 0.171. The first kappa shape index (κ1) is 16.9. The molecule has 1 unspecified atom stereocenters. The summed E-state index contributed by atoms with van der Waals surface area (Å²) in [5.74, 6) is 0.455. The van der Waals surface area contributed by atoms with Crippen LogP contribution < -0.4 is 5.32 Å². The zero-order valence-corrected chi connectivity index (χ0v) is 14.5. The first-order chi connectivity index (χ1) is 11.6. The molecule has 2 aromatic rings. The normalized spacial score (nSPS) is 19.9. The molecule has 1 fully saturated rings. The van der Waals surface area contributed by atoms with Crippen LogP contribution in [0.4, 0.5) is 5.82 Å². The third-order valence-corrected chi connectivity index (χ3v) is 4.70. The van der Waals surface area contributed by atoms with Crippen LogP contribution in [0.5, 0.6) is 0 Å². The molecule has 0 spiro atoms. The fourth-order valence-corrected chi connectivity index (χ4v) is 3.26. The van der Waals surface area contributed by atoms with Crippen molar-refractivity contribution in [2.45, 2.75) is 31.8 Å². The highest BCUT2D eigenvalue weighted by Gasteiger charge is 2.28. The lowest BCUT2D eigenvalue weighted by atomic mass is 10.0. The third-order valence-electron chi connectivity index (χ3n) is 4.42. The topological polar surface area (TPSA) is 80.2 Å². The summed E-state index contributed by atoms with van der Waals surface area (Å²) >= 11 is 6.10. The van der Waals surface area contributed by atoms with Gasteiger partial charge in [-0.15, -0.1) is 10.2 Å². The highest BCUT2D eigenvalue weighted by atomic mass is 35.5. The number of pyridine rings is 1. The Hall–Kier alpha value is -1.99. The average Bonchev–Trinajstić information content (AvgIpc) is 2.63. The second-order valence-corrected chi connectivity index (χ2v) is 6.30. The number of esters is 1. The number of aromatic nitrogens is 3. The molecule has 128 valence electrons. The summed E-state index contributed by atoms with van der Waals surface area (Å²) in [6.07, 6.45) is 5.41. The van der Waals surface area contributed by atoms with Crippen molar-refractivity contribution in [2.24, 2.45) is 0 Å². The zero-order valence-electron chi connectivity index (χ0n) is 13.7. The van der Waals surface area contributed by atoms with Crippen LogP contribution >= 0.6 is 11.6 Å². The van der Waals surface area contributed by atoms with Crippen molar-refractivity contribution in [1.29, 1.82) is 0 Å². The summed E-state index contributed by atoms with van der Waals surface area (Å²) in [6.45, 7) is 3.49. The summed E-state index contributed by atoms with van der Waals surface area (Å²) in [7, 11) is 1.42. The van der Waals surface area contributed by atoms with Crippen molar-refractivity contribution in [3.05, 3.63) is 23.6 Å². The Morgan fingerprint density at radius 2 is 2.29 bits per heavy atom. The molecule has 1 N–H and O–H groups in total. The molecule has 8 heteroatoms. The van der Waals surface area contributed by atoms with Gasteiger partial charge in [-0.1, -0.05) is 11.6 Å². The lowest BCUT2D eigenvalue weighted by Crippen LogP contribution is -2.49. The Morgan fingerprint density at radius 1 is 1.46 bits per heavy atom. The molecule has 2 atom stereocenters. The van der Waals surface area contributed by atoms with Crippen molar-refractivity contribution in [1.82, 2.24) is 20.1 Å². The van der Waals surface area contributed by atoms with Crippen LogP contribution in [0.25, 0.3) is 10.8 Å². The van der Waals surface area contributed by atoms with Crippen molar-refractivity contribution in [3.63, 3.8) is 0 Å². The number of nitrogens with zero attached hydrogens (tertiary/aromatic N) is 4. The predicted octanol–water partition coefficient (Wildman–Crippen LogP) is 2.12. The molecule has 1 saturated heterocycles. The molecule has 0 aromatic carbocycles. The van der Waals surface area contributed by atoms with Crippen LogP contribution in [0, 0.1) is 0 Å². The number of halogens is 1. The van der Waals surface area contributed by atoms with Crippen LogP contribution in [-0.2, 0) is 9.53 Å². The van der Waals surface area contributed by atoms with E-state index in [9.17, 15) is 4.79 Å². The third kappa shape index (κ3) is 3.42. The van der Waals surface area contributed by atoms with Crippen molar-refractivity contribution in [2.75, 3.05) is 25.5 Å². The van der Waals surface area contributed by atoms with Crippen LogP contribution in [0.1, 0.15) is 19.8 Å². The van der Waals surface area contributed by atoms with Crippen molar-refractivity contribution < 1.29 is 9.53 Å². The van der Waals surface area contributed by atoms with E-state index >= 15 is 0 Å². The molecule has 7 nitrogen and oxygen atoms in total. The van der Waals surface area contributed by atoms with Gasteiger partial charge < -0.3 is 10.1 Å². The van der Waals surface area contributed by atoms with E-state index in [4.69, 9.17) is 16.3 Å². The number of ether oxygens (including phenoxy) is 1. The Morgan fingerprint density at radius 3 is 3.08 bits per heavy atom. The second-order valence-electron chi connectivity index (χ2n) is 5.94. The molecular formula is C16H20ClN5O2. The van der Waals surface area contributed by atoms with Gasteiger partial charge in [-0.05, 0) is 32.4 Å². The van der Waals surface area contributed by atoms with E-state index in [0.29, 0.717) is 11.0 Å². The van der Waals surface area contributed by atoms with Crippen molar-refractivity contribution in [3.8, 4) is 0 Å². The summed E-state index contributed by atoms with van der Waals surface area (Å²) in [5, 5.41) is 13.6. The van der Waals surface area contributed by atoms with E-state index in [-0.39, 0.29) is 18.1 Å². The number of carbonyl (C=O) groups excluding carboxylic acids is 1. The standard InChI is InChI=1S/C16H20ClN5O2/c1-10(16(23)24-2)22-7-3-4-11(9-22)19-15-13-8-18-6-5-12(13)14(17)20-21-15/h5-6,8,10-11H,3-4,7,9H2,1-2H3,(H,19,21)/t10?,11-/m1/s1. The summed E-state index contributed by atoms with van der Waals surface area (Å²) in [6, 6.07) is 1.74. The molecule has 3 rings (SSSR count). The molecule has 0 amide bonds. The summed E-state index contributed by atoms with van der Waals surface area (Å²) in [5.41, 5.74) is 0. The zero-order chi connectivity index (χ0) is 17.1. The van der Waals surface area contributed by atoms with Gasteiger partial charge in [0.1, 0.15) is 6.04 Å². The van der Waals surface area contributed by atoms with Gasteiger partial charge in [0.2, 0.25) is 0 Å². The maximum Gasteiger partial charge on any atom is 0.322 e. The van der Waals surface area contributed by atoms with Gasteiger partial charge >= 0.3 is 5.97 Å². The quantitative estimate of drug-likeness (QED) is 0.847. The minimum Gasteiger partial charge on any atom is -0.468 e. The van der Waals surface area contributed by atoms with Crippen molar-refractivity contribution >= 4 is 34.2 Å². The number of piperidine rings is 1. The second kappa shape index (κ2) is 7.27. The summed E-state index contributed by atoms with van der Waals surface area (Å²) < 4.78 is 4.84. The van der Waals surface area contributed by atoms with Gasteiger partial charge in [-0.3, -0.25) is 14.7 Å². The average molecular weight is 350 g/mol. The van der Waals surface area contributed by atoms with Gasteiger partial charge in [0.05, 0.1) is 7.11 Å². The molecule has 3 heterocycles. The smallest absolute Gasteiger partial charge is 0.322 e. The number of hydrogen-bond acceptors (Lipinski definition) is 7. The van der Waals surface area contributed by atoms with E-state index in [1.54, 1.807) is 12.4 Å². The fraction of sp³-hybridized carbons (Fsp3) is 0.500. The molecule has 0 aliphatic carbocycles. The monoisotopic (exact) mass is 349 g/mol. The van der Waals surface area contributed by atoms with E-state index in [1.807, 2.05) is 13.0 Å². The summed E-state index contributed by atoms with van der Waals surface area (Å²) in [4.78, 5) is 18.0. The maximum atomic E-state index is 11.8. The first-order valence-electron chi connectivity index (χ1n) is 7.94. The number of likely N-dealkylation sites (tertiary alicyclic amines) is 1. The number of carbonyl (C=O) groups is 1. The number of anilines is 1. The van der Waals surface area contributed by atoms with E-state index in [1.165, 1.54) is 7.11 Å². The van der Waals surface area contributed by atoms with Gasteiger partial charge in [0, 0.05) is 35.8 Å². The van der Waals surface area contributed by atoms with E-state index < -0.39 is 0 Å². The molecule has 1 aliphatic heterocycles. The lowest BCUT2D eigenvalue weighted by Gasteiger charge is -2.36. The highest BCUT2D eigenvalue weighted by molar-refractivity contribution is 6.34. The first-order valence-corrected chi connectivity index (χ1v) is 8.32. The maximum absolute atomic E-state index is 11.8. The molecule has 0 saturated carbocycles. The Kier molecular flexibility index (Phi) is 5.11. The Balaban J connectivity index is 1.77. The molecule has 0 bridgehead atoms. The van der Waals surface area contributed by atoms with Gasteiger partial charge in [0.15, 0.2) is 11.0 Å². The van der Waals surface area contributed by atoms with Crippen LogP contribution in [0.15, 0.2) is 18.5 Å². The van der Waals surface area contributed by atoms with Crippen LogP contribution in [-0.4, -0.2) is 58.3 Å². The van der Waals surface area contributed by atoms with Crippen LogP contribution in [0.3, 0.4) is 0 Å². The molecule has 2 aromatic heterocycles. The van der Waals surface area contributed by atoms with Crippen LogP contribution in [0.2, 0.25) is 5.15 Å². The Labute approximate surface area is 145 Å². The molecular weight excluding hydrogens is 330 g/mol. The van der Waals surface area contributed by atoms with E-state index in [2.05, 4.69) is 25.4 Å². The number of methoxy groups -OCH3 is 1. The van der Waals surface area contributed by atoms with Gasteiger partial charge in [-0.25, -0.2) is 0 Å². The molecule has 0 radical (unpaired) electrons. The number of nitrogens with one attached hydrogen (secondary N) is 1. The fourth-order valence-electron chi connectivity index (χ4n) is 3.06. The number of fused-ring (bicyclic) bond motifs is 1. The number of hydrogen-bond donors (Lipinski definition) is 1. The SMILES string of the molecule is COC(=O)C(C)N1CCC[C@@H](Nc2nnc(Cl)c3ccncc23)C1. The molecule has 24 heavy (non-hydrogen) atoms.